The van der Waals surface area contributed by atoms with Crippen molar-refractivity contribution in [2.24, 2.45) is 11.8 Å². The number of nitrogens with zero attached hydrogens (tertiary/aromatic N) is 1. The summed E-state index contributed by atoms with van der Waals surface area (Å²) in [5.41, 5.74) is 0.868. The molecule has 0 saturated carbocycles. The van der Waals surface area contributed by atoms with Crippen molar-refractivity contribution in [1.29, 1.82) is 0 Å². The molecule has 2 heterocycles. The molecule has 0 aliphatic carbocycles. The van der Waals surface area contributed by atoms with E-state index in [0.717, 1.165) is 5.56 Å². The van der Waals surface area contributed by atoms with E-state index in [1.165, 1.54) is 26.5 Å². The lowest BCUT2D eigenvalue weighted by molar-refractivity contribution is -0.164. The van der Waals surface area contributed by atoms with Crippen LogP contribution in [0.2, 0.25) is 0 Å². The lowest BCUT2D eigenvalue weighted by Crippen LogP contribution is -2.40. The Morgan fingerprint density at radius 3 is 2.59 bits per heavy atom. The molecular formula is C27H33NO9. The van der Waals surface area contributed by atoms with Gasteiger partial charge in [-0.1, -0.05) is 30.3 Å². The van der Waals surface area contributed by atoms with Crippen molar-refractivity contribution >= 4 is 17.7 Å². The van der Waals surface area contributed by atoms with Crippen LogP contribution in [0.15, 0.2) is 42.6 Å². The molecule has 1 fully saturated rings. The van der Waals surface area contributed by atoms with Crippen molar-refractivity contribution in [1.82, 2.24) is 4.98 Å². The second-order valence-corrected chi connectivity index (χ2v) is 8.83. The second kappa shape index (κ2) is 13.7. The number of ether oxygens (including phenoxy) is 5. The van der Waals surface area contributed by atoms with Crippen molar-refractivity contribution in [2.75, 3.05) is 34.0 Å². The van der Waals surface area contributed by atoms with Crippen molar-refractivity contribution in [3.63, 3.8) is 0 Å². The molecule has 1 aromatic heterocycles. The quantitative estimate of drug-likeness (QED) is 0.372. The average Bonchev–Trinajstić information content (AvgIpc) is 2.94. The molecule has 1 aliphatic heterocycles. The number of Topliss-reactive ketones (excluding diaryl/α,β-unsaturated/α-hetero) is 1. The highest BCUT2D eigenvalue weighted by Crippen LogP contribution is 2.30. The summed E-state index contributed by atoms with van der Waals surface area (Å²) in [6, 6.07) is 11.2. The maximum Gasteiger partial charge on any atom is 0.312 e. The van der Waals surface area contributed by atoms with Gasteiger partial charge in [0.1, 0.15) is 6.10 Å². The highest BCUT2D eigenvalue weighted by atomic mass is 16.6. The van der Waals surface area contributed by atoms with Crippen molar-refractivity contribution in [3.8, 4) is 11.5 Å². The first-order valence-corrected chi connectivity index (χ1v) is 12.1. The fourth-order valence-electron chi connectivity index (χ4n) is 4.27. The number of cyclic esters (lactones) is 1. The maximum absolute atomic E-state index is 13.1. The number of aromatic nitrogens is 1. The van der Waals surface area contributed by atoms with Crippen LogP contribution in [-0.2, 0) is 35.0 Å². The van der Waals surface area contributed by atoms with Gasteiger partial charge in [0.25, 0.3) is 0 Å². The molecule has 1 aromatic carbocycles. The maximum atomic E-state index is 13.1. The van der Waals surface area contributed by atoms with Gasteiger partial charge in [0.2, 0.25) is 0 Å². The summed E-state index contributed by atoms with van der Waals surface area (Å²) in [4.78, 5) is 41.5. The molecule has 0 spiro atoms. The van der Waals surface area contributed by atoms with Crippen molar-refractivity contribution < 1.29 is 43.2 Å². The lowest BCUT2D eigenvalue weighted by Gasteiger charge is -2.30. The van der Waals surface area contributed by atoms with E-state index in [4.69, 9.17) is 18.9 Å². The fraction of sp³-hybridized carbons (Fsp3) is 0.481. The Hall–Kier alpha value is -3.50. The minimum absolute atomic E-state index is 0.0534. The Bertz CT molecular complexity index is 1060. The average molecular weight is 516 g/mol. The summed E-state index contributed by atoms with van der Waals surface area (Å²) < 4.78 is 27.4. The number of rotatable bonds is 10. The molecule has 37 heavy (non-hydrogen) atoms. The number of carbonyl (C=O) groups is 3. The summed E-state index contributed by atoms with van der Waals surface area (Å²) in [5, 5.41) is 10.3. The highest BCUT2D eigenvalue weighted by Gasteiger charge is 2.36. The predicted octanol–water partition coefficient (Wildman–Crippen LogP) is 2.75. The summed E-state index contributed by atoms with van der Waals surface area (Å²) >= 11 is 0. The molecule has 0 unspecified atom stereocenters. The predicted molar refractivity (Wildman–Crippen MR) is 131 cm³/mol. The number of benzene rings is 1. The van der Waals surface area contributed by atoms with Gasteiger partial charge in [-0.2, -0.15) is 0 Å². The van der Waals surface area contributed by atoms with Gasteiger partial charge in [-0.05, 0) is 18.9 Å². The van der Waals surface area contributed by atoms with E-state index in [9.17, 15) is 19.5 Å². The minimum Gasteiger partial charge on any atom is -0.503 e. The Balaban J connectivity index is 1.77. The standard InChI is InChI=1S/C27H33NO9/c1-17-26(36-12-10-23(30)34-3)19(13-18-7-5-4-6-8-18)15-35-16-20(27(32)37-17)14-21(29)24-25(31)22(33-2)9-11-28-24/h4-9,11,17,19-20,26,31H,10,12-16H2,1-3H3/t17-,19-,20-,26-/m0/s1. The number of ketones is 1. The summed E-state index contributed by atoms with van der Waals surface area (Å²) in [5.74, 6) is -2.95. The zero-order valence-electron chi connectivity index (χ0n) is 21.3. The summed E-state index contributed by atoms with van der Waals surface area (Å²) in [7, 11) is 2.67. The Labute approximate surface area is 215 Å². The molecule has 10 heteroatoms. The van der Waals surface area contributed by atoms with Crippen LogP contribution in [-0.4, -0.2) is 74.1 Å². The number of hydrogen-bond donors (Lipinski definition) is 1. The van der Waals surface area contributed by atoms with Gasteiger partial charge in [0.05, 0.1) is 52.5 Å². The molecule has 10 nitrogen and oxygen atoms in total. The second-order valence-electron chi connectivity index (χ2n) is 8.83. The fourth-order valence-corrected chi connectivity index (χ4v) is 4.27. The molecule has 0 bridgehead atoms. The third kappa shape index (κ3) is 7.74. The normalized spacial score (nSPS) is 22.2. The topological polar surface area (TPSA) is 130 Å². The monoisotopic (exact) mass is 515 g/mol. The van der Waals surface area contributed by atoms with Gasteiger partial charge in [0, 0.05) is 24.6 Å². The van der Waals surface area contributed by atoms with E-state index in [0.29, 0.717) is 6.42 Å². The van der Waals surface area contributed by atoms with Crippen LogP contribution < -0.4 is 4.74 Å². The molecule has 1 N–H and O–H groups in total. The van der Waals surface area contributed by atoms with E-state index in [2.05, 4.69) is 9.72 Å². The third-order valence-corrected chi connectivity index (χ3v) is 6.20. The SMILES string of the molecule is COC(=O)CCO[C@@H]1[C@@H](Cc2ccccc2)COC[C@H](CC(=O)c2nccc(OC)c2O)C(=O)O[C@H]1C. The molecular weight excluding hydrogens is 482 g/mol. The number of esters is 2. The van der Waals surface area contributed by atoms with Crippen LogP contribution in [0.3, 0.4) is 0 Å². The molecule has 2 aromatic rings. The molecule has 1 aliphatic rings. The smallest absolute Gasteiger partial charge is 0.312 e. The van der Waals surface area contributed by atoms with Crippen LogP contribution >= 0.6 is 0 Å². The first kappa shape index (κ1) is 28.1. The van der Waals surface area contributed by atoms with Crippen LogP contribution in [0.5, 0.6) is 11.5 Å². The number of methoxy groups -OCH3 is 2. The minimum atomic E-state index is -0.909. The largest absolute Gasteiger partial charge is 0.503 e. The Morgan fingerprint density at radius 2 is 1.89 bits per heavy atom. The van der Waals surface area contributed by atoms with E-state index in [1.54, 1.807) is 6.92 Å². The summed E-state index contributed by atoms with van der Waals surface area (Å²) in [6.07, 6.45) is 0.485. The zero-order valence-corrected chi connectivity index (χ0v) is 21.3. The van der Waals surface area contributed by atoms with E-state index in [1.807, 2.05) is 30.3 Å². The van der Waals surface area contributed by atoms with Crippen molar-refractivity contribution in [2.45, 2.75) is 38.4 Å². The Kier molecular flexibility index (Phi) is 10.4. The summed E-state index contributed by atoms with van der Waals surface area (Å²) in [6.45, 7) is 2.00. The highest BCUT2D eigenvalue weighted by molar-refractivity contribution is 5.99. The number of aromatic hydroxyl groups is 1. The molecule has 0 amide bonds. The number of hydrogen-bond acceptors (Lipinski definition) is 10. The van der Waals surface area contributed by atoms with Crippen molar-refractivity contribution in [3.05, 3.63) is 53.9 Å². The third-order valence-electron chi connectivity index (χ3n) is 6.20. The van der Waals surface area contributed by atoms with Crippen LogP contribution in [0.25, 0.3) is 0 Å². The van der Waals surface area contributed by atoms with Gasteiger partial charge in [-0.3, -0.25) is 14.4 Å². The molecule has 200 valence electrons. The molecule has 0 radical (unpaired) electrons. The van der Waals surface area contributed by atoms with E-state index in [-0.39, 0.29) is 55.8 Å². The lowest BCUT2D eigenvalue weighted by atomic mass is 9.91. The molecule has 4 atom stereocenters. The first-order valence-electron chi connectivity index (χ1n) is 12.1. The first-order chi connectivity index (χ1) is 17.8. The van der Waals surface area contributed by atoms with Crippen LogP contribution in [0.1, 0.15) is 35.8 Å². The van der Waals surface area contributed by atoms with Crippen LogP contribution in [0.4, 0.5) is 0 Å². The van der Waals surface area contributed by atoms with Gasteiger partial charge in [-0.25, -0.2) is 4.98 Å². The van der Waals surface area contributed by atoms with Gasteiger partial charge < -0.3 is 28.8 Å². The number of pyridine rings is 1. The van der Waals surface area contributed by atoms with Gasteiger partial charge >= 0.3 is 11.9 Å². The Morgan fingerprint density at radius 1 is 1.14 bits per heavy atom. The molecule has 1 saturated heterocycles. The van der Waals surface area contributed by atoms with Crippen LogP contribution in [0, 0.1) is 11.8 Å². The van der Waals surface area contributed by atoms with Gasteiger partial charge in [-0.15, -0.1) is 0 Å². The van der Waals surface area contributed by atoms with Gasteiger partial charge in [0.15, 0.2) is 23.0 Å². The van der Waals surface area contributed by atoms with E-state index >= 15 is 0 Å². The molecule has 3 rings (SSSR count). The van der Waals surface area contributed by atoms with E-state index < -0.39 is 35.8 Å². The zero-order chi connectivity index (χ0) is 26.8. The number of carbonyl (C=O) groups excluding carboxylic acids is 3.